The van der Waals surface area contributed by atoms with Gasteiger partial charge in [-0.25, -0.2) is 0 Å². The molecule has 0 aliphatic heterocycles. The van der Waals surface area contributed by atoms with E-state index in [-0.39, 0.29) is 0 Å². The van der Waals surface area contributed by atoms with E-state index in [1.54, 1.807) is 0 Å². The van der Waals surface area contributed by atoms with Crippen LogP contribution in [0.5, 0.6) is 0 Å². The number of rotatable bonds is 10. The molecule has 0 aliphatic carbocycles. The van der Waals surface area contributed by atoms with E-state index in [0.717, 1.165) is 25.5 Å². The van der Waals surface area contributed by atoms with E-state index in [1.807, 2.05) is 6.29 Å². The van der Waals surface area contributed by atoms with Gasteiger partial charge >= 0.3 is 0 Å². The largest absolute Gasteiger partial charge is 0.303 e. The second-order valence-electron chi connectivity index (χ2n) is 3.32. The van der Waals surface area contributed by atoms with Crippen LogP contribution < -0.4 is 0 Å². The maximum Gasteiger partial charge on any atom is 0.198 e. The van der Waals surface area contributed by atoms with Crippen LogP contribution in [0.15, 0.2) is 0 Å². The molecule has 0 aromatic carbocycles. The van der Waals surface area contributed by atoms with Crippen molar-refractivity contribution >= 4 is 12.6 Å². The molecule has 2 heteroatoms. The summed E-state index contributed by atoms with van der Waals surface area (Å²) < 4.78 is 0. The Morgan fingerprint density at radius 3 is 1.92 bits per heavy atom. The molecule has 0 spiro atoms. The van der Waals surface area contributed by atoms with Crippen LogP contribution in [0.3, 0.4) is 0 Å². The Hall–Kier alpha value is -0.660. The van der Waals surface area contributed by atoms with Gasteiger partial charge in [0.05, 0.1) is 0 Å². The molecule has 75 valence electrons. The third-order valence-corrected chi connectivity index (χ3v) is 2.10. The molecule has 0 rings (SSSR count). The van der Waals surface area contributed by atoms with E-state index < -0.39 is 0 Å². The highest BCUT2D eigenvalue weighted by Gasteiger charge is 1.91. The highest BCUT2D eigenvalue weighted by Crippen LogP contribution is 2.08. The van der Waals surface area contributed by atoms with E-state index in [1.165, 1.54) is 25.7 Å². The second kappa shape index (κ2) is 11.3. The lowest BCUT2D eigenvalue weighted by molar-refractivity contribution is -0.107. The molecule has 1 radical (unpaired) electrons. The average molecular weight is 183 g/mol. The molecule has 0 fully saturated rings. The van der Waals surface area contributed by atoms with Gasteiger partial charge in [0.15, 0.2) is 6.29 Å². The molecule has 0 saturated carbocycles. The van der Waals surface area contributed by atoms with Crippen LogP contribution >= 0.6 is 0 Å². The van der Waals surface area contributed by atoms with E-state index in [9.17, 15) is 9.59 Å². The Bertz CT molecular complexity index is 107. The fraction of sp³-hybridized carbons (Fsp3) is 0.818. The van der Waals surface area contributed by atoms with Gasteiger partial charge in [-0.1, -0.05) is 32.1 Å². The van der Waals surface area contributed by atoms with Crippen molar-refractivity contribution in [2.45, 2.75) is 57.8 Å². The molecular weight excluding hydrogens is 164 g/mol. The van der Waals surface area contributed by atoms with Crippen molar-refractivity contribution < 1.29 is 9.59 Å². The maximum atomic E-state index is 9.98. The van der Waals surface area contributed by atoms with Crippen molar-refractivity contribution in [2.75, 3.05) is 0 Å². The number of hydrogen-bond donors (Lipinski definition) is 0. The summed E-state index contributed by atoms with van der Waals surface area (Å²) in [7, 11) is 0. The minimum atomic E-state index is 0.588. The van der Waals surface area contributed by atoms with Crippen LogP contribution in [0.25, 0.3) is 0 Å². The van der Waals surface area contributed by atoms with Gasteiger partial charge in [0.25, 0.3) is 0 Å². The van der Waals surface area contributed by atoms with Crippen molar-refractivity contribution in [1.29, 1.82) is 0 Å². The molecule has 13 heavy (non-hydrogen) atoms. The molecule has 0 aromatic heterocycles. The Labute approximate surface area is 80.7 Å². The van der Waals surface area contributed by atoms with Gasteiger partial charge < -0.3 is 4.79 Å². The fourth-order valence-electron chi connectivity index (χ4n) is 1.31. The highest BCUT2D eigenvalue weighted by atomic mass is 16.1. The molecule has 2 nitrogen and oxygen atoms in total. The van der Waals surface area contributed by atoms with Crippen molar-refractivity contribution in [3.63, 3.8) is 0 Å². The maximum absolute atomic E-state index is 9.98. The molecule has 0 unspecified atom stereocenters. The first-order valence-corrected chi connectivity index (χ1v) is 5.20. The molecule has 0 aromatic rings. The summed E-state index contributed by atoms with van der Waals surface area (Å²) in [6, 6.07) is 0. The number of carbonyl (C=O) groups excluding carboxylic acids is 2. The molecular formula is C11H19O2. The minimum Gasteiger partial charge on any atom is -0.303 e. The van der Waals surface area contributed by atoms with E-state index >= 15 is 0 Å². The van der Waals surface area contributed by atoms with Crippen molar-refractivity contribution in [1.82, 2.24) is 0 Å². The quantitative estimate of drug-likeness (QED) is 0.385. The lowest BCUT2D eigenvalue weighted by Crippen LogP contribution is -1.82. The third-order valence-electron chi connectivity index (χ3n) is 2.10. The van der Waals surface area contributed by atoms with Crippen LogP contribution in [-0.2, 0) is 9.59 Å². The molecule has 0 N–H and O–H groups in total. The monoisotopic (exact) mass is 183 g/mol. The van der Waals surface area contributed by atoms with Gasteiger partial charge in [0.1, 0.15) is 6.29 Å². The zero-order valence-corrected chi connectivity index (χ0v) is 8.26. The lowest BCUT2D eigenvalue weighted by Gasteiger charge is -1.98. The summed E-state index contributed by atoms with van der Waals surface area (Å²) in [5.41, 5.74) is 0. The number of carbonyl (C=O) groups is 1. The number of unbranched alkanes of at least 4 members (excludes halogenated alkanes) is 8. The summed E-state index contributed by atoms with van der Waals surface area (Å²) in [6.45, 7) is 0. The van der Waals surface area contributed by atoms with Crippen LogP contribution in [-0.4, -0.2) is 12.6 Å². The van der Waals surface area contributed by atoms with Gasteiger partial charge in [-0.05, 0) is 12.8 Å². The minimum absolute atomic E-state index is 0.588. The zero-order valence-electron chi connectivity index (χ0n) is 8.26. The SMILES string of the molecule is O=[C]CCCCCCCCCC=O. The van der Waals surface area contributed by atoms with Gasteiger partial charge in [-0.3, -0.25) is 4.79 Å². The van der Waals surface area contributed by atoms with Gasteiger partial charge in [0.2, 0.25) is 0 Å². The third kappa shape index (κ3) is 11.3. The summed E-state index contributed by atoms with van der Waals surface area (Å²) in [5, 5.41) is 0. The Kier molecular flexibility index (Phi) is 10.8. The van der Waals surface area contributed by atoms with Crippen molar-refractivity contribution in [2.24, 2.45) is 0 Å². The molecule has 0 aliphatic rings. The molecule has 0 amide bonds. The predicted octanol–water partition coefficient (Wildman–Crippen LogP) is 2.81. The summed E-state index contributed by atoms with van der Waals surface area (Å²) in [4.78, 5) is 19.8. The molecule has 0 bridgehead atoms. The molecule has 0 heterocycles. The smallest absolute Gasteiger partial charge is 0.198 e. The lowest BCUT2D eigenvalue weighted by atomic mass is 10.1. The fourth-order valence-corrected chi connectivity index (χ4v) is 1.31. The highest BCUT2D eigenvalue weighted by molar-refractivity contribution is 5.50. The topological polar surface area (TPSA) is 34.1 Å². The number of hydrogen-bond acceptors (Lipinski definition) is 2. The first-order valence-electron chi connectivity index (χ1n) is 5.20. The normalized spacial score (nSPS) is 9.85. The number of aldehydes is 1. The standard InChI is InChI=1S/C11H19O2/c12-10-8-6-4-2-1-3-5-7-9-11-13/h10H,1-9H2. The Balaban J connectivity index is 2.83. The van der Waals surface area contributed by atoms with Crippen LogP contribution in [0, 0.1) is 0 Å². The van der Waals surface area contributed by atoms with E-state index in [4.69, 9.17) is 0 Å². The van der Waals surface area contributed by atoms with Gasteiger partial charge in [-0.15, -0.1) is 0 Å². The summed E-state index contributed by atoms with van der Waals surface area (Å²) in [6.07, 6.45) is 12.2. The van der Waals surface area contributed by atoms with Crippen LogP contribution in [0.1, 0.15) is 57.8 Å². The van der Waals surface area contributed by atoms with Crippen LogP contribution in [0.4, 0.5) is 0 Å². The first-order chi connectivity index (χ1) is 6.41. The summed E-state index contributed by atoms with van der Waals surface area (Å²) >= 11 is 0. The van der Waals surface area contributed by atoms with Gasteiger partial charge in [-0.2, -0.15) is 0 Å². The van der Waals surface area contributed by atoms with E-state index in [0.29, 0.717) is 12.8 Å². The summed E-state index contributed by atoms with van der Waals surface area (Å²) in [5.74, 6) is 0. The Morgan fingerprint density at radius 2 is 1.38 bits per heavy atom. The first kappa shape index (κ1) is 12.3. The van der Waals surface area contributed by atoms with Gasteiger partial charge in [0, 0.05) is 12.8 Å². The Morgan fingerprint density at radius 1 is 0.846 bits per heavy atom. The average Bonchev–Trinajstić information content (AvgIpc) is 2.16. The van der Waals surface area contributed by atoms with Crippen molar-refractivity contribution in [3.05, 3.63) is 0 Å². The molecule has 0 saturated heterocycles. The second-order valence-corrected chi connectivity index (χ2v) is 3.32. The van der Waals surface area contributed by atoms with Crippen molar-refractivity contribution in [3.8, 4) is 0 Å². The zero-order chi connectivity index (χ0) is 9.78. The van der Waals surface area contributed by atoms with Crippen LogP contribution in [0.2, 0.25) is 0 Å². The molecule has 0 atom stereocenters. The van der Waals surface area contributed by atoms with E-state index in [2.05, 4.69) is 0 Å². The predicted molar refractivity (Wildman–Crippen MR) is 53.3 cm³/mol.